The number of amides is 2. The van der Waals surface area contributed by atoms with Gasteiger partial charge >= 0.3 is 0 Å². The van der Waals surface area contributed by atoms with Crippen LogP contribution in [0, 0.1) is 0 Å². The minimum Gasteiger partial charge on any atom is -0.390 e. The van der Waals surface area contributed by atoms with E-state index < -0.39 is 34.0 Å². The van der Waals surface area contributed by atoms with Gasteiger partial charge in [0.1, 0.15) is 0 Å². The largest absolute Gasteiger partial charge is 0.390 e. The van der Waals surface area contributed by atoms with Crippen molar-refractivity contribution in [3.05, 3.63) is 137 Å². The number of rotatable bonds is 14. The molecule has 0 saturated carbocycles. The van der Waals surface area contributed by atoms with Gasteiger partial charge in [-0.2, -0.15) is 0 Å². The quantitative estimate of drug-likeness (QED) is 0.159. The molecule has 242 valence electrons. The Hall–Kier alpha value is -4.51. The van der Waals surface area contributed by atoms with E-state index in [9.17, 15) is 23.1 Å². The summed E-state index contributed by atoms with van der Waals surface area (Å²) in [6.07, 6.45) is 0.429. The van der Waals surface area contributed by atoms with E-state index in [2.05, 4.69) is 16.0 Å². The average Bonchev–Trinajstić information content (AvgIpc) is 3.06. The smallest absolute Gasteiger partial charge is 0.251 e. The minimum atomic E-state index is -3.70. The second-order valence-electron chi connectivity index (χ2n) is 11.5. The third-order valence-corrected chi connectivity index (χ3v) is 9.17. The van der Waals surface area contributed by atoms with Gasteiger partial charge in [-0.15, -0.1) is 0 Å². The van der Waals surface area contributed by atoms with Crippen molar-refractivity contribution in [1.29, 1.82) is 0 Å². The van der Waals surface area contributed by atoms with Gasteiger partial charge in [0.2, 0.25) is 10.0 Å². The molecular weight excluding hydrogens is 600 g/mol. The van der Waals surface area contributed by atoms with E-state index in [-0.39, 0.29) is 35.4 Å². The number of carbonyl (C=O) groups excluding carboxylic acids is 2. The van der Waals surface area contributed by atoms with Crippen molar-refractivity contribution >= 4 is 27.5 Å². The molecule has 0 fully saturated rings. The van der Waals surface area contributed by atoms with Gasteiger partial charge in [-0.3, -0.25) is 13.9 Å². The molecule has 9 nitrogen and oxygen atoms in total. The van der Waals surface area contributed by atoms with Crippen LogP contribution in [0.4, 0.5) is 5.69 Å². The molecule has 0 radical (unpaired) electrons. The SMILES string of the molecule is C[C@H](NC[C@@H](O)[C@H](Cc1ccccc1)NC(=O)c1cc(C(=O)N[C@H](C)c2ccccc2)cc(N(C)S(C)(=O)=O)c1)c1ccccc1. The summed E-state index contributed by atoms with van der Waals surface area (Å²) in [6, 6.07) is 32.0. The number of aliphatic hydroxyl groups excluding tert-OH is 1. The number of aliphatic hydroxyl groups is 1. The van der Waals surface area contributed by atoms with Crippen LogP contribution < -0.4 is 20.3 Å². The zero-order valence-corrected chi connectivity index (χ0v) is 27.4. The maximum Gasteiger partial charge on any atom is 0.251 e. The number of nitrogens with one attached hydrogen (secondary N) is 3. The summed E-state index contributed by atoms with van der Waals surface area (Å²) in [5, 5.41) is 20.6. The van der Waals surface area contributed by atoms with Gasteiger partial charge in [0.25, 0.3) is 11.8 Å². The molecule has 0 unspecified atom stereocenters. The second-order valence-corrected chi connectivity index (χ2v) is 13.5. The van der Waals surface area contributed by atoms with Crippen LogP contribution in [0.25, 0.3) is 0 Å². The number of carbonyl (C=O) groups is 2. The Kier molecular flexibility index (Phi) is 11.7. The van der Waals surface area contributed by atoms with Crippen LogP contribution in [0.1, 0.15) is 63.3 Å². The molecular formula is C36H42N4O5S. The first-order valence-corrected chi connectivity index (χ1v) is 17.0. The van der Waals surface area contributed by atoms with Crippen molar-refractivity contribution in [3.8, 4) is 0 Å². The van der Waals surface area contributed by atoms with E-state index in [4.69, 9.17) is 0 Å². The van der Waals surface area contributed by atoms with Crippen LogP contribution in [0.2, 0.25) is 0 Å². The highest BCUT2D eigenvalue weighted by Crippen LogP contribution is 2.22. The average molecular weight is 643 g/mol. The number of anilines is 1. The number of nitrogens with zero attached hydrogens (tertiary/aromatic N) is 1. The van der Waals surface area contributed by atoms with Gasteiger partial charge in [0.05, 0.1) is 30.1 Å². The van der Waals surface area contributed by atoms with Crippen LogP contribution in [-0.2, 0) is 16.4 Å². The normalized spacial score (nSPS) is 14.0. The third kappa shape index (κ3) is 9.50. The summed E-state index contributed by atoms with van der Waals surface area (Å²) in [5.41, 5.74) is 3.25. The van der Waals surface area contributed by atoms with Crippen molar-refractivity contribution in [1.82, 2.24) is 16.0 Å². The van der Waals surface area contributed by atoms with Gasteiger partial charge < -0.3 is 21.1 Å². The molecule has 4 aromatic carbocycles. The molecule has 4 N–H and O–H groups in total. The maximum atomic E-state index is 13.8. The summed E-state index contributed by atoms with van der Waals surface area (Å²) in [5.74, 6) is -1.01. The summed E-state index contributed by atoms with van der Waals surface area (Å²) in [7, 11) is -2.34. The van der Waals surface area contributed by atoms with Crippen molar-refractivity contribution in [2.24, 2.45) is 0 Å². The third-order valence-electron chi connectivity index (χ3n) is 7.96. The standard InChI is InChI=1S/C36H42N4O5S/c1-25(28-16-10-6-11-17-28)37-24-34(41)33(20-27-14-8-5-9-15-27)39-36(43)31-21-30(22-32(23-31)40(3)46(4,44)45)35(42)38-26(2)29-18-12-7-13-19-29/h5-19,21-23,25-26,33-34,37,41H,20,24H2,1-4H3,(H,38,42)(H,39,43)/t25-,26+,33-,34+/m0/s1. The first kappa shape index (κ1) is 34.4. The molecule has 0 saturated heterocycles. The van der Waals surface area contributed by atoms with E-state index in [1.807, 2.05) is 105 Å². The monoisotopic (exact) mass is 642 g/mol. The lowest BCUT2D eigenvalue weighted by molar-refractivity contribution is 0.0825. The van der Waals surface area contributed by atoms with Crippen LogP contribution in [-0.4, -0.2) is 57.3 Å². The maximum absolute atomic E-state index is 13.8. The molecule has 4 atom stereocenters. The molecule has 10 heteroatoms. The first-order chi connectivity index (χ1) is 21.9. The Morgan fingerprint density at radius 3 is 1.74 bits per heavy atom. The van der Waals surface area contributed by atoms with Gasteiger partial charge in [0.15, 0.2) is 0 Å². The summed E-state index contributed by atoms with van der Waals surface area (Å²) in [6.45, 7) is 4.05. The zero-order chi connectivity index (χ0) is 33.3. The lowest BCUT2D eigenvalue weighted by atomic mass is 9.99. The van der Waals surface area contributed by atoms with Crippen LogP contribution in [0.3, 0.4) is 0 Å². The molecule has 2 amide bonds. The molecule has 0 aliphatic heterocycles. The number of hydrogen-bond acceptors (Lipinski definition) is 6. The molecule has 0 spiro atoms. The van der Waals surface area contributed by atoms with Crippen LogP contribution in [0.15, 0.2) is 109 Å². The highest BCUT2D eigenvalue weighted by molar-refractivity contribution is 7.92. The number of hydrogen-bond donors (Lipinski definition) is 4. The van der Waals surface area contributed by atoms with E-state index in [1.165, 1.54) is 25.2 Å². The predicted octanol–water partition coefficient (Wildman–Crippen LogP) is 4.63. The highest BCUT2D eigenvalue weighted by atomic mass is 32.2. The van der Waals surface area contributed by atoms with E-state index in [0.29, 0.717) is 6.42 Å². The molecule has 0 heterocycles. The van der Waals surface area contributed by atoms with Gasteiger partial charge in [0, 0.05) is 30.8 Å². The second kappa shape index (κ2) is 15.7. The summed E-state index contributed by atoms with van der Waals surface area (Å²) < 4.78 is 25.9. The lowest BCUT2D eigenvalue weighted by Crippen LogP contribution is -2.49. The molecule has 0 aliphatic rings. The fourth-order valence-electron chi connectivity index (χ4n) is 5.05. The van der Waals surface area contributed by atoms with Crippen molar-refractivity contribution in [2.75, 3.05) is 24.2 Å². The Labute approximate surface area is 271 Å². The summed E-state index contributed by atoms with van der Waals surface area (Å²) in [4.78, 5) is 27.2. The van der Waals surface area contributed by atoms with Crippen molar-refractivity contribution in [2.45, 2.75) is 44.5 Å². The van der Waals surface area contributed by atoms with Gasteiger partial charge in [-0.05, 0) is 55.2 Å². The molecule has 4 aromatic rings. The van der Waals surface area contributed by atoms with E-state index in [1.54, 1.807) is 0 Å². The van der Waals surface area contributed by atoms with Crippen LogP contribution >= 0.6 is 0 Å². The van der Waals surface area contributed by atoms with Crippen molar-refractivity contribution < 1.29 is 23.1 Å². The fourth-order valence-corrected chi connectivity index (χ4v) is 5.54. The molecule has 0 bridgehead atoms. The molecule has 0 aromatic heterocycles. The van der Waals surface area contributed by atoms with E-state index >= 15 is 0 Å². The Bertz CT molecular complexity index is 1700. The minimum absolute atomic E-state index is 0.0357. The Balaban J connectivity index is 1.60. The zero-order valence-electron chi connectivity index (χ0n) is 26.6. The lowest BCUT2D eigenvalue weighted by Gasteiger charge is -2.27. The fraction of sp³-hybridized carbons (Fsp3) is 0.278. The van der Waals surface area contributed by atoms with Crippen molar-refractivity contribution in [3.63, 3.8) is 0 Å². The van der Waals surface area contributed by atoms with E-state index in [0.717, 1.165) is 27.3 Å². The van der Waals surface area contributed by atoms with Gasteiger partial charge in [-0.1, -0.05) is 91.0 Å². The number of sulfonamides is 1. The molecule has 4 rings (SSSR count). The first-order valence-electron chi connectivity index (χ1n) is 15.2. The Morgan fingerprint density at radius 1 is 0.739 bits per heavy atom. The topological polar surface area (TPSA) is 128 Å². The molecule has 46 heavy (non-hydrogen) atoms. The predicted molar refractivity (Wildman–Crippen MR) is 182 cm³/mol. The van der Waals surface area contributed by atoms with Crippen LogP contribution in [0.5, 0.6) is 0 Å². The summed E-state index contributed by atoms with van der Waals surface area (Å²) >= 11 is 0. The molecule has 0 aliphatic carbocycles. The Morgan fingerprint density at radius 2 is 1.22 bits per heavy atom. The number of benzene rings is 4. The highest BCUT2D eigenvalue weighted by Gasteiger charge is 2.25. The van der Waals surface area contributed by atoms with Gasteiger partial charge in [-0.25, -0.2) is 8.42 Å².